The van der Waals surface area contributed by atoms with E-state index in [0.717, 1.165) is 5.69 Å². The molecule has 10 aromatic carbocycles. The number of hydrogen-bond acceptors (Lipinski definition) is 0. The monoisotopic (exact) mass is 723 g/mol. The molecule has 0 amide bonds. The average Bonchev–Trinajstić information content (AvgIpc) is 3.67. The van der Waals surface area contributed by atoms with Crippen LogP contribution in [0.15, 0.2) is 225 Å². The van der Waals surface area contributed by atoms with Gasteiger partial charge >= 0.3 is 0 Å². The van der Waals surface area contributed by atoms with Crippen molar-refractivity contribution in [1.29, 1.82) is 0 Å². The first-order chi connectivity index (χ1) is 28.2. The molecule has 1 nitrogen and oxygen atoms in total. The highest BCUT2D eigenvalue weighted by Crippen LogP contribution is 2.39. The third kappa shape index (κ3) is 5.80. The van der Waals surface area contributed by atoms with Crippen molar-refractivity contribution in [3.63, 3.8) is 0 Å². The molecule has 11 aromatic rings. The molecule has 0 fully saturated rings. The number of rotatable bonds is 6. The molecule has 0 aliphatic heterocycles. The number of aromatic nitrogens is 1. The van der Waals surface area contributed by atoms with Crippen molar-refractivity contribution in [3.05, 3.63) is 225 Å². The van der Waals surface area contributed by atoms with Gasteiger partial charge in [-0.3, -0.25) is 0 Å². The second kappa shape index (κ2) is 13.7. The van der Waals surface area contributed by atoms with Crippen molar-refractivity contribution in [3.8, 4) is 61.3 Å². The summed E-state index contributed by atoms with van der Waals surface area (Å²) in [5.41, 5.74) is 14.5. The molecule has 266 valence electrons. The zero-order valence-corrected chi connectivity index (χ0v) is 31.3. The lowest BCUT2D eigenvalue weighted by atomic mass is 9.94. The van der Waals surface area contributed by atoms with Gasteiger partial charge in [-0.1, -0.05) is 194 Å². The molecular weight excluding hydrogens is 687 g/mol. The van der Waals surface area contributed by atoms with Gasteiger partial charge in [-0.15, -0.1) is 0 Å². The standard InChI is InChI=1S/C56H37N/c1-4-16-48-39(10-1)13-7-19-51(48)42-24-22-38(23-25-42)46-32-35-56-54(36-46)55(45-28-26-43(27-29-45)52-20-8-14-40-11-2-5-17-49(40)52)37-57(56)47-33-30-44(31-34-47)53-21-9-15-41-12-3-6-18-50(41)53/h1-37H. The highest BCUT2D eigenvalue weighted by Gasteiger charge is 2.15. The smallest absolute Gasteiger partial charge is 0.0535 e. The maximum Gasteiger partial charge on any atom is 0.0535 e. The molecule has 0 unspecified atom stereocenters. The van der Waals surface area contributed by atoms with E-state index in [1.54, 1.807) is 0 Å². The molecule has 0 N–H and O–H groups in total. The SMILES string of the molecule is c1ccc2c(-c3ccc(-c4ccc5c(c4)c(-c4ccc(-c6cccc7ccccc67)cc4)cn5-c4ccc(-c5cccc6ccccc56)cc4)cc3)cccc2c1. The Hall–Kier alpha value is -7.48. The minimum Gasteiger partial charge on any atom is -0.316 e. The first-order valence-corrected chi connectivity index (χ1v) is 19.7. The van der Waals surface area contributed by atoms with Gasteiger partial charge in [0.25, 0.3) is 0 Å². The van der Waals surface area contributed by atoms with Crippen LogP contribution in [-0.2, 0) is 0 Å². The Morgan fingerprint density at radius 1 is 0.246 bits per heavy atom. The summed E-state index contributed by atoms with van der Waals surface area (Å²) in [7, 11) is 0. The molecule has 0 bridgehead atoms. The number of hydrogen-bond donors (Lipinski definition) is 0. The van der Waals surface area contributed by atoms with Crippen molar-refractivity contribution in [2.24, 2.45) is 0 Å². The van der Waals surface area contributed by atoms with Crippen LogP contribution in [0.2, 0.25) is 0 Å². The van der Waals surface area contributed by atoms with Crippen LogP contribution in [0.4, 0.5) is 0 Å². The van der Waals surface area contributed by atoms with Crippen LogP contribution < -0.4 is 0 Å². The van der Waals surface area contributed by atoms with Gasteiger partial charge in [0.2, 0.25) is 0 Å². The van der Waals surface area contributed by atoms with Crippen LogP contribution in [-0.4, -0.2) is 4.57 Å². The molecule has 1 heterocycles. The van der Waals surface area contributed by atoms with Gasteiger partial charge in [0.05, 0.1) is 5.52 Å². The van der Waals surface area contributed by atoms with Gasteiger partial charge in [-0.05, 0) is 107 Å². The second-order valence-corrected chi connectivity index (χ2v) is 14.9. The Morgan fingerprint density at radius 2 is 0.614 bits per heavy atom. The fourth-order valence-corrected chi connectivity index (χ4v) is 8.76. The minimum absolute atomic E-state index is 1.13. The highest BCUT2D eigenvalue weighted by atomic mass is 15.0. The average molecular weight is 724 g/mol. The van der Waals surface area contributed by atoms with E-state index in [-0.39, 0.29) is 0 Å². The number of fused-ring (bicyclic) bond motifs is 4. The van der Waals surface area contributed by atoms with Crippen LogP contribution >= 0.6 is 0 Å². The quantitative estimate of drug-likeness (QED) is 0.161. The van der Waals surface area contributed by atoms with Crippen molar-refractivity contribution in [1.82, 2.24) is 4.57 Å². The fraction of sp³-hybridized carbons (Fsp3) is 0. The molecule has 0 atom stereocenters. The molecule has 0 saturated heterocycles. The molecule has 0 aliphatic carbocycles. The molecule has 0 spiro atoms. The number of benzene rings is 10. The van der Waals surface area contributed by atoms with Crippen LogP contribution in [0.25, 0.3) is 105 Å². The van der Waals surface area contributed by atoms with E-state index in [9.17, 15) is 0 Å². The summed E-state index contributed by atoms with van der Waals surface area (Å²) >= 11 is 0. The Morgan fingerprint density at radius 3 is 1.09 bits per heavy atom. The highest BCUT2D eigenvalue weighted by molar-refractivity contribution is 6.02. The molecule has 0 aliphatic rings. The molecule has 1 aromatic heterocycles. The molecule has 1 heteroatoms. The normalized spacial score (nSPS) is 11.5. The Kier molecular flexibility index (Phi) is 7.89. The zero-order valence-electron chi connectivity index (χ0n) is 31.3. The summed E-state index contributed by atoms with van der Waals surface area (Å²) in [4.78, 5) is 0. The van der Waals surface area contributed by atoms with Crippen molar-refractivity contribution >= 4 is 43.2 Å². The molecule has 57 heavy (non-hydrogen) atoms. The largest absolute Gasteiger partial charge is 0.316 e. The Labute approximate surface area is 332 Å². The van der Waals surface area contributed by atoms with Gasteiger partial charge in [-0.25, -0.2) is 0 Å². The van der Waals surface area contributed by atoms with Gasteiger partial charge in [0.15, 0.2) is 0 Å². The van der Waals surface area contributed by atoms with E-state index >= 15 is 0 Å². The summed E-state index contributed by atoms with van der Waals surface area (Å²) in [5.74, 6) is 0. The van der Waals surface area contributed by atoms with E-state index in [1.807, 2.05) is 0 Å². The third-order valence-corrected chi connectivity index (χ3v) is 11.7. The van der Waals surface area contributed by atoms with E-state index in [2.05, 4.69) is 229 Å². The Bertz CT molecular complexity index is 3240. The van der Waals surface area contributed by atoms with Gasteiger partial charge in [-0.2, -0.15) is 0 Å². The fourth-order valence-electron chi connectivity index (χ4n) is 8.76. The van der Waals surface area contributed by atoms with E-state index < -0.39 is 0 Å². The first kappa shape index (κ1) is 32.9. The lowest BCUT2D eigenvalue weighted by Crippen LogP contribution is -1.92. The maximum absolute atomic E-state index is 2.37. The van der Waals surface area contributed by atoms with Crippen LogP contribution in [0.5, 0.6) is 0 Å². The van der Waals surface area contributed by atoms with E-state index in [4.69, 9.17) is 0 Å². The van der Waals surface area contributed by atoms with Crippen molar-refractivity contribution < 1.29 is 0 Å². The third-order valence-electron chi connectivity index (χ3n) is 11.7. The van der Waals surface area contributed by atoms with Gasteiger partial charge in [0.1, 0.15) is 0 Å². The summed E-state index contributed by atoms with van der Waals surface area (Å²) in [5, 5.41) is 8.81. The Balaban J connectivity index is 1.01. The summed E-state index contributed by atoms with van der Waals surface area (Å²) < 4.78 is 2.35. The number of nitrogens with zero attached hydrogens (tertiary/aromatic N) is 1. The molecule has 0 radical (unpaired) electrons. The lowest BCUT2D eigenvalue weighted by molar-refractivity contribution is 1.13. The predicted molar refractivity (Wildman–Crippen MR) is 243 cm³/mol. The zero-order chi connectivity index (χ0) is 37.7. The van der Waals surface area contributed by atoms with Crippen LogP contribution in [0.3, 0.4) is 0 Å². The van der Waals surface area contributed by atoms with Crippen LogP contribution in [0.1, 0.15) is 0 Å². The summed E-state index contributed by atoms with van der Waals surface area (Å²) in [6.45, 7) is 0. The van der Waals surface area contributed by atoms with Crippen molar-refractivity contribution in [2.75, 3.05) is 0 Å². The second-order valence-electron chi connectivity index (χ2n) is 14.9. The summed E-state index contributed by atoms with van der Waals surface area (Å²) in [6.07, 6.45) is 2.32. The topological polar surface area (TPSA) is 4.93 Å². The predicted octanol–water partition coefficient (Wildman–Crippen LogP) is 15.4. The first-order valence-electron chi connectivity index (χ1n) is 19.7. The van der Waals surface area contributed by atoms with E-state index in [0.29, 0.717) is 0 Å². The van der Waals surface area contributed by atoms with Gasteiger partial charge in [0, 0.05) is 22.8 Å². The molecular formula is C56H37N. The maximum atomic E-state index is 2.37. The minimum atomic E-state index is 1.13. The molecule has 11 rings (SSSR count). The lowest BCUT2D eigenvalue weighted by Gasteiger charge is -2.11. The van der Waals surface area contributed by atoms with Crippen molar-refractivity contribution in [2.45, 2.75) is 0 Å². The summed E-state index contributed by atoms with van der Waals surface area (Å²) in [6, 6.07) is 79.7. The molecule has 0 saturated carbocycles. The van der Waals surface area contributed by atoms with Crippen LogP contribution in [0, 0.1) is 0 Å². The van der Waals surface area contributed by atoms with E-state index in [1.165, 1.54) is 98.9 Å². The van der Waals surface area contributed by atoms with Gasteiger partial charge < -0.3 is 4.57 Å².